The summed E-state index contributed by atoms with van der Waals surface area (Å²) >= 11 is 0. The third kappa shape index (κ3) is 3.02. The molecule has 1 unspecified atom stereocenters. The van der Waals surface area contributed by atoms with Gasteiger partial charge < -0.3 is 9.47 Å². The average molecular weight is 274 g/mol. The Morgan fingerprint density at radius 2 is 1.95 bits per heavy atom. The molecule has 1 heterocycles. The van der Waals surface area contributed by atoms with Gasteiger partial charge in [0.2, 0.25) is 0 Å². The highest BCUT2D eigenvalue weighted by Crippen LogP contribution is 2.44. The van der Waals surface area contributed by atoms with Gasteiger partial charge in [0.25, 0.3) is 0 Å². The Hall–Kier alpha value is -1.24. The first kappa shape index (κ1) is 14.2. The molecule has 0 saturated carbocycles. The lowest BCUT2D eigenvalue weighted by atomic mass is 9.94. The highest BCUT2D eigenvalue weighted by molar-refractivity contribution is 6.83. The van der Waals surface area contributed by atoms with Gasteiger partial charge in [-0.2, -0.15) is 0 Å². The lowest BCUT2D eigenvalue weighted by Crippen LogP contribution is -2.18. The Kier molecular flexibility index (Phi) is 3.50. The second-order valence-electron chi connectivity index (χ2n) is 6.48. The van der Waals surface area contributed by atoms with Gasteiger partial charge in [0.15, 0.2) is 0 Å². The monoisotopic (exact) mass is 274 g/mol. The Labute approximate surface area is 117 Å². The maximum absolute atomic E-state index is 6.11. The van der Waals surface area contributed by atoms with E-state index < -0.39 is 8.07 Å². The maximum Gasteiger partial charge on any atom is 0.144 e. The van der Waals surface area contributed by atoms with Crippen LogP contribution in [0.25, 0.3) is 0 Å². The minimum absolute atomic E-state index is 0.109. The van der Waals surface area contributed by atoms with Crippen LogP contribution in [-0.2, 0) is 10.3 Å². The number of hydrogen-bond acceptors (Lipinski definition) is 2. The molecule has 0 aromatic heterocycles. The van der Waals surface area contributed by atoms with Gasteiger partial charge in [-0.25, -0.2) is 0 Å². The van der Waals surface area contributed by atoms with Crippen LogP contribution in [0.4, 0.5) is 0 Å². The highest BCUT2D eigenvalue weighted by Gasteiger charge is 2.37. The molecule has 1 aromatic rings. The van der Waals surface area contributed by atoms with E-state index in [9.17, 15) is 0 Å². The minimum atomic E-state index is -1.38. The first-order chi connectivity index (χ1) is 8.73. The predicted molar refractivity (Wildman–Crippen MR) is 81.0 cm³/mol. The first-order valence-corrected chi connectivity index (χ1v) is 10.1. The summed E-state index contributed by atoms with van der Waals surface area (Å²) in [5.74, 6) is 4.19. The van der Waals surface area contributed by atoms with E-state index in [0.29, 0.717) is 0 Å². The molecule has 1 aromatic carbocycles. The standard InChI is InChI=1S/C16H22O2Si/c1-16(2)14-11-12(17-3)7-8-13(14)15(18-16)9-10-19(4,5)6/h7-8,11,15H,1-6H3. The molecule has 1 aliphatic heterocycles. The first-order valence-electron chi connectivity index (χ1n) is 6.62. The summed E-state index contributed by atoms with van der Waals surface area (Å²) in [4.78, 5) is 0. The van der Waals surface area contributed by atoms with E-state index in [4.69, 9.17) is 9.47 Å². The number of fused-ring (bicyclic) bond motifs is 1. The Balaban J connectivity index is 2.42. The molecule has 0 radical (unpaired) electrons. The molecule has 0 amide bonds. The van der Waals surface area contributed by atoms with Crippen LogP contribution < -0.4 is 4.74 Å². The third-order valence-electron chi connectivity index (χ3n) is 3.18. The molecule has 2 nitrogen and oxygen atoms in total. The van der Waals surface area contributed by atoms with Crippen LogP contribution in [0.5, 0.6) is 5.75 Å². The van der Waals surface area contributed by atoms with Crippen LogP contribution >= 0.6 is 0 Å². The van der Waals surface area contributed by atoms with E-state index >= 15 is 0 Å². The summed E-state index contributed by atoms with van der Waals surface area (Å²) in [6, 6.07) is 6.12. The molecule has 0 fully saturated rings. The van der Waals surface area contributed by atoms with E-state index in [0.717, 1.165) is 5.75 Å². The predicted octanol–water partition coefficient (Wildman–Crippen LogP) is 3.88. The summed E-state index contributed by atoms with van der Waals surface area (Å²) in [5, 5.41) is 0. The van der Waals surface area contributed by atoms with Crippen LogP contribution in [0.2, 0.25) is 19.6 Å². The van der Waals surface area contributed by atoms with E-state index in [1.165, 1.54) is 11.1 Å². The SMILES string of the molecule is COc1ccc2c(c1)C(C)(C)OC2C#C[Si](C)(C)C. The molecule has 0 aliphatic carbocycles. The zero-order valence-corrected chi connectivity index (χ0v) is 13.6. The molecule has 1 aliphatic rings. The summed E-state index contributed by atoms with van der Waals surface area (Å²) in [7, 11) is 0.312. The van der Waals surface area contributed by atoms with Crippen molar-refractivity contribution in [3.63, 3.8) is 0 Å². The van der Waals surface area contributed by atoms with E-state index in [2.05, 4.69) is 57.1 Å². The molecular weight excluding hydrogens is 252 g/mol. The van der Waals surface area contributed by atoms with Crippen LogP contribution in [-0.4, -0.2) is 15.2 Å². The van der Waals surface area contributed by atoms with E-state index in [-0.39, 0.29) is 11.7 Å². The molecule has 102 valence electrons. The van der Waals surface area contributed by atoms with Crippen molar-refractivity contribution in [3.05, 3.63) is 29.3 Å². The highest BCUT2D eigenvalue weighted by atomic mass is 28.3. The lowest BCUT2D eigenvalue weighted by molar-refractivity contribution is -0.0268. The molecular formula is C16H22O2Si. The van der Waals surface area contributed by atoms with Crippen LogP contribution in [0, 0.1) is 11.5 Å². The van der Waals surface area contributed by atoms with Gasteiger partial charge in [0.1, 0.15) is 19.9 Å². The molecule has 0 saturated heterocycles. The van der Waals surface area contributed by atoms with Crippen molar-refractivity contribution >= 4 is 8.07 Å². The van der Waals surface area contributed by atoms with Crippen molar-refractivity contribution in [1.82, 2.24) is 0 Å². The van der Waals surface area contributed by atoms with Gasteiger partial charge in [0.05, 0.1) is 12.7 Å². The van der Waals surface area contributed by atoms with Crippen LogP contribution in [0.15, 0.2) is 18.2 Å². The van der Waals surface area contributed by atoms with Crippen molar-refractivity contribution in [2.45, 2.75) is 45.2 Å². The normalized spacial score (nSPS) is 20.4. The smallest absolute Gasteiger partial charge is 0.144 e. The van der Waals surface area contributed by atoms with Gasteiger partial charge in [0, 0.05) is 0 Å². The third-order valence-corrected chi connectivity index (χ3v) is 4.08. The van der Waals surface area contributed by atoms with Crippen molar-refractivity contribution in [1.29, 1.82) is 0 Å². The zero-order chi connectivity index (χ0) is 14.3. The minimum Gasteiger partial charge on any atom is -0.497 e. The maximum atomic E-state index is 6.11. The Morgan fingerprint density at radius 3 is 2.53 bits per heavy atom. The lowest BCUT2D eigenvalue weighted by Gasteiger charge is -2.19. The van der Waals surface area contributed by atoms with Gasteiger partial charge in [-0.15, -0.1) is 5.54 Å². The quantitative estimate of drug-likeness (QED) is 0.571. The molecule has 1 atom stereocenters. The Morgan fingerprint density at radius 1 is 1.26 bits per heavy atom. The second kappa shape index (κ2) is 4.70. The summed E-state index contributed by atoms with van der Waals surface area (Å²) in [6.07, 6.45) is -0.109. The number of hydrogen-bond donors (Lipinski definition) is 0. The van der Waals surface area contributed by atoms with Gasteiger partial charge in [-0.3, -0.25) is 0 Å². The Bertz CT molecular complexity index is 544. The van der Waals surface area contributed by atoms with Crippen LogP contribution in [0.1, 0.15) is 31.1 Å². The fourth-order valence-electron chi connectivity index (χ4n) is 2.22. The number of ether oxygens (including phenoxy) is 2. The van der Waals surface area contributed by atoms with Gasteiger partial charge in [-0.1, -0.05) is 31.6 Å². The fraction of sp³-hybridized carbons (Fsp3) is 0.500. The molecule has 19 heavy (non-hydrogen) atoms. The topological polar surface area (TPSA) is 18.5 Å². The molecule has 0 N–H and O–H groups in total. The van der Waals surface area contributed by atoms with E-state index in [1.54, 1.807) is 7.11 Å². The second-order valence-corrected chi connectivity index (χ2v) is 11.2. The zero-order valence-electron chi connectivity index (χ0n) is 12.6. The van der Waals surface area contributed by atoms with Crippen molar-refractivity contribution in [3.8, 4) is 17.2 Å². The molecule has 0 spiro atoms. The van der Waals surface area contributed by atoms with Crippen molar-refractivity contribution < 1.29 is 9.47 Å². The summed E-state index contributed by atoms with van der Waals surface area (Å²) in [6.45, 7) is 10.9. The summed E-state index contributed by atoms with van der Waals surface area (Å²) < 4.78 is 11.4. The average Bonchev–Trinajstić information content (AvgIpc) is 2.57. The van der Waals surface area contributed by atoms with E-state index in [1.807, 2.05) is 6.07 Å². The summed E-state index contributed by atoms with van der Waals surface area (Å²) in [5.41, 5.74) is 5.46. The van der Waals surface area contributed by atoms with Crippen molar-refractivity contribution in [2.24, 2.45) is 0 Å². The molecule has 2 rings (SSSR count). The fourth-order valence-corrected chi connectivity index (χ4v) is 2.79. The molecule has 0 bridgehead atoms. The largest absolute Gasteiger partial charge is 0.497 e. The van der Waals surface area contributed by atoms with Crippen molar-refractivity contribution in [2.75, 3.05) is 7.11 Å². The van der Waals surface area contributed by atoms with Crippen LogP contribution in [0.3, 0.4) is 0 Å². The van der Waals surface area contributed by atoms with Gasteiger partial charge >= 0.3 is 0 Å². The number of methoxy groups -OCH3 is 1. The number of rotatable bonds is 1. The molecule has 3 heteroatoms. The number of benzene rings is 1. The van der Waals surface area contributed by atoms with Gasteiger partial charge in [-0.05, 0) is 37.1 Å².